The molecule has 1 aromatic carbocycles. The zero-order valence-corrected chi connectivity index (χ0v) is 7.95. The molecular weight excluding hydrogens is 174 g/mol. The summed E-state index contributed by atoms with van der Waals surface area (Å²) < 4.78 is 0. The minimum atomic E-state index is 1.05. The van der Waals surface area contributed by atoms with Crippen molar-refractivity contribution in [2.24, 2.45) is 0 Å². The van der Waals surface area contributed by atoms with E-state index in [0.29, 0.717) is 0 Å². The number of nitrogens with one attached hydrogen (secondary N) is 1. The van der Waals surface area contributed by atoms with Gasteiger partial charge < -0.3 is 9.88 Å². The van der Waals surface area contributed by atoms with E-state index in [1.807, 2.05) is 6.07 Å². The van der Waals surface area contributed by atoms with E-state index in [1.54, 1.807) is 0 Å². The van der Waals surface area contributed by atoms with Gasteiger partial charge in [-0.2, -0.15) is 0 Å². The SMILES string of the molecule is [c]1nc2c(N3CCCC3)cccc2[nH]1. The van der Waals surface area contributed by atoms with Gasteiger partial charge in [0.25, 0.3) is 0 Å². The summed E-state index contributed by atoms with van der Waals surface area (Å²) in [5, 5.41) is 0. The Bertz CT molecular complexity index is 440. The number of para-hydroxylation sites is 1. The van der Waals surface area contributed by atoms with Gasteiger partial charge in [0.05, 0.1) is 11.2 Å². The molecule has 2 heterocycles. The van der Waals surface area contributed by atoms with E-state index in [4.69, 9.17) is 0 Å². The van der Waals surface area contributed by atoms with Crippen LogP contribution in [0, 0.1) is 6.33 Å². The van der Waals surface area contributed by atoms with Crippen LogP contribution in [-0.2, 0) is 0 Å². The Morgan fingerprint density at radius 2 is 2.14 bits per heavy atom. The molecule has 1 radical (unpaired) electrons. The predicted molar refractivity (Wildman–Crippen MR) is 56.4 cm³/mol. The van der Waals surface area contributed by atoms with Crippen molar-refractivity contribution in [3.05, 3.63) is 24.5 Å². The van der Waals surface area contributed by atoms with Crippen LogP contribution in [0.1, 0.15) is 12.8 Å². The van der Waals surface area contributed by atoms with Crippen molar-refractivity contribution < 1.29 is 0 Å². The number of rotatable bonds is 1. The number of hydrogen-bond acceptors (Lipinski definition) is 2. The summed E-state index contributed by atoms with van der Waals surface area (Å²) in [7, 11) is 0. The first-order valence-electron chi connectivity index (χ1n) is 5.05. The molecule has 3 rings (SSSR count). The largest absolute Gasteiger partial charge is 0.370 e. The number of H-pyrrole nitrogens is 1. The molecule has 0 saturated carbocycles. The molecule has 1 aromatic heterocycles. The second-order valence-corrected chi connectivity index (χ2v) is 3.72. The van der Waals surface area contributed by atoms with Gasteiger partial charge in [0.15, 0.2) is 6.33 Å². The Balaban J connectivity index is 2.14. The van der Waals surface area contributed by atoms with Crippen LogP contribution in [-0.4, -0.2) is 23.1 Å². The highest BCUT2D eigenvalue weighted by atomic mass is 15.2. The predicted octanol–water partition coefficient (Wildman–Crippen LogP) is 1.96. The summed E-state index contributed by atoms with van der Waals surface area (Å²) in [6.07, 6.45) is 5.39. The van der Waals surface area contributed by atoms with Crippen LogP contribution in [0.15, 0.2) is 18.2 Å². The molecule has 1 saturated heterocycles. The average Bonchev–Trinajstić information content (AvgIpc) is 2.88. The maximum absolute atomic E-state index is 4.24. The summed E-state index contributed by atoms with van der Waals surface area (Å²) in [5.41, 5.74) is 3.38. The molecule has 1 aliphatic heterocycles. The highest BCUT2D eigenvalue weighted by Gasteiger charge is 2.15. The average molecular weight is 186 g/mol. The topological polar surface area (TPSA) is 31.9 Å². The highest BCUT2D eigenvalue weighted by molar-refractivity contribution is 5.88. The lowest BCUT2D eigenvalue weighted by molar-refractivity contribution is 0.949. The number of benzene rings is 1. The summed E-state index contributed by atoms with van der Waals surface area (Å²) >= 11 is 0. The molecule has 3 nitrogen and oxygen atoms in total. The van der Waals surface area contributed by atoms with Crippen LogP contribution in [0.5, 0.6) is 0 Å². The van der Waals surface area contributed by atoms with E-state index in [2.05, 4.69) is 33.3 Å². The van der Waals surface area contributed by atoms with E-state index in [1.165, 1.54) is 18.5 Å². The first-order chi connectivity index (χ1) is 6.95. The molecule has 0 aliphatic carbocycles. The number of aromatic nitrogens is 2. The van der Waals surface area contributed by atoms with Crippen LogP contribution in [0.25, 0.3) is 11.0 Å². The first-order valence-corrected chi connectivity index (χ1v) is 5.05. The van der Waals surface area contributed by atoms with E-state index in [9.17, 15) is 0 Å². The molecule has 1 fully saturated rings. The number of fused-ring (bicyclic) bond motifs is 1. The van der Waals surface area contributed by atoms with E-state index in [-0.39, 0.29) is 0 Å². The molecule has 0 atom stereocenters. The summed E-state index contributed by atoms with van der Waals surface area (Å²) in [6.45, 7) is 2.32. The van der Waals surface area contributed by atoms with Crippen LogP contribution >= 0.6 is 0 Å². The third-order valence-corrected chi connectivity index (χ3v) is 2.82. The Labute approximate surface area is 82.8 Å². The summed E-state index contributed by atoms with van der Waals surface area (Å²) in [6, 6.07) is 6.25. The van der Waals surface area contributed by atoms with Gasteiger partial charge in [-0.25, -0.2) is 4.98 Å². The lowest BCUT2D eigenvalue weighted by Gasteiger charge is -2.17. The molecular formula is C11H12N3. The van der Waals surface area contributed by atoms with Gasteiger partial charge in [0, 0.05) is 13.1 Å². The molecule has 1 N–H and O–H groups in total. The molecule has 71 valence electrons. The molecule has 0 amide bonds. The summed E-state index contributed by atoms with van der Waals surface area (Å²) in [5.74, 6) is 0. The molecule has 0 spiro atoms. The summed E-state index contributed by atoms with van der Waals surface area (Å²) in [4.78, 5) is 9.66. The first kappa shape index (κ1) is 7.85. The maximum atomic E-state index is 4.24. The van der Waals surface area contributed by atoms with Gasteiger partial charge in [-0.05, 0) is 25.0 Å². The van der Waals surface area contributed by atoms with Crippen molar-refractivity contribution in [2.75, 3.05) is 18.0 Å². The monoisotopic (exact) mass is 186 g/mol. The molecule has 2 aromatic rings. The van der Waals surface area contributed by atoms with Crippen LogP contribution in [0.3, 0.4) is 0 Å². The fourth-order valence-corrected chi connectivity index (χ4v) is 2.11. The lowest BCUT2D eigenvalue weighted by Crippen LogP contribution is -2.17. The van der Waals surface area contributed by atoms with Crippen LogP contribution in [0.2, 0.25) is 0 Å². The van der Waals surface area contributed by atoms with E-state index < -0.39 is 0 Å². The van der Waals surface area contributed by atoms with Gasteiger partial charge in [0.2, 0.25) is 0 Å². The second kappa shape index (κ2) is 3.01. The fraction of sp³-hybridized carbons (Fsp3) is 0.364. The standard InChI is InChI=1S/C11H12N3/c1-2-7-14(6-1)10-5-3-4-9-11(10)13-8-12-9/h3-5H,1-2,6-7H2,(H,12,13). The van der Waals surface area contributed by atoms with E-state index >= 15 is 0 Å². The number of aromatic amines is 1. The molecule has 0 unspecified atom stereocenters. The Kier molecular flexibility index (Phi) is 1.69. The van der Waals surface area contributed by atoms with Crippen molar-refractivity contribution >= 4 is 16.7 Å². The Morgan fingerprint density at radius 3 is 3.00 bits per heavy atom. The van der Waals surface area contributed by atoms with Crippen molar-refractivity contribution in [1.82, 2.24) is 9.97 Å². The van der Waals surface area contributed by atoms with Gasteiger partial charge >= 0.3 is 0 Å². The maximum Gasteiger partial charge on any atom is 0.174 e. The third-order valence-electron chi connectivity index (χ3n) is 2.82. The smallest absolute Gasteiger partial charge is 0.174 e. The molecule has 0 bridgehead atoms. The molecule has 3 heteroatoms. The number of nitrogens with zero attached hydrogens (tertiary/aromatic N) is 2. The van der Waals surface area contributed by atoms with Crippen LogP contribution in [0.4, 0.5) is 5.69 Å². The van der Waals surface area contributed by atoms with Crippen LogP contribution < -0.4 is 4.90 Å². The zero-order valence-electron chi connectivity index (χ0n) is 7.95. The minimum Gasteiger partial charge on any atom is -0.370 e. The van der Waals surface area contributed by atoms with Crippen molar-refractivity contribution in [2.45, 2.75) is 12.8 Å². The highest BCUT2D eigenvalue weighted by Crippen LogP contribution is 2.26. The molecule has 14 heavy (non-hydrogen) atoms. The number of hydrogen-bond donors (Lipinski definition) is 1. The lowest BCUT2D eigenvalue weighted by atomic mass is 10.2. The number of anilines is 1. The fourth-order valence-electron chi connectivity index (χ4n) is 2.11. The van der Waals surface area contributed by atoms with Crippen molar-refractivity contribution in [3.8, 4) is 0 Å². The molecule has 1 aliphatic rings. The normalized spacial score (nSPS) is 16.7. The third kappa shape index (κ3) is 1.09. The van der Waals surface area contributed by atoms with Gasteiger partial charge in [-0.15, -0.1) is 0 Å². The van der Waals surface area contributed by atoms with Gasteiger partial charge in [-0.1, -0.05) is 6.07 Å². The van der Waals surface area contributed by atoms with Crippen molar-refractivity contribution in [3.63, 3.8) is 0 Å². The quantitative estimate of drug-likeness (QED) is 0.738. The van der Waals surface area contributed by atoms with Crippen molar-refractivity contribution in [1.29, 1.82) is 0 Å². The minimum absolute atomic E-state index is 1.05. The van der Waals surface area contributed by atoms with Gasteiger partial charge in [0.1, 0.15) is 5.52 Å². The number of imidazole rings is 1. The van der Waals surface area contributed by atoms with E-state index in [0.717, 1.165) is 24.1 Å². The zero-order chi connectivity index (χ0) is 9.38. The Hall–Kier alpha value is -1.51. The van der Waals surface area contributed by atoms with Gasteiger partial charge in [-0.3, -0.25) is 0 Å². The second-order valence-electron chi connectivity index (χ2n) is 3.72. The Morgan fingerprint density at radius 1 is 1.29 bits per heavy atom.